The van der Waals surface area contributed by atoms with Crippen molar-refractivity contribution in [3.05, 3.63) is 18.2 Å². The Hall–Kier alpha value is -1.86. The number of hydrogen-bond acceptors (Lipinski definition) is 6. The third kappa shape index (κ3) is 5.37. The van der Waals surface area contributed by atoms with Crippen LogP contribution >= 0.6 is 0 Å². The van der Waals surface area contributed by atoms with Crippen molar-refractivity contribution < 1.29 is 29.1 Å². The Bertz CT molecular complexity index is 558. The van der Waals surface area contributed by atoms with E-state index in [0.29, 0.717) is 12.8 Å². The molecule has 0 aromatic heterocycles. The van der Waals surface area contributed by atoms with Crippen molar-refractivity contribution in [2.75, 3.05) is 0 Å². The van der Waals surface area contributed by atoms with Crippen LogP contribution in [0.25, 0.3) is 0 Å². The van der Waals surface area contributed by atoms with Gasteiger partial charge in [0, 0.05) is 0 Å². The van der Waals surface area contributed by atoms with Crippen LogP contribution in [0.1, 0.15) is 40.5 Å². The molecule has 7 heteroatoms. The van der Waals surface area contributed by atoms with Crippen LogP contribution in [-0.4, -0.2) is 29.1 Å². The van der Waals surface area contributed by atoms with Gasteiger partial charge in [-0.05, 0) is 30.4 Å². The number of carbonyl (C=O) groups excluding carboxylic acids is 2. The highest BCUT2D eigenvalue weighted by Gasteiger charge is 2.22. The second-order valence-corrected chi connectivity index (χ2v) is 5.54. The van der Waals surface area contributed by atoms with E-state index in [9.17, 15) is 19.6 Å². The molecule has 0 fully saturated rings. The van der Waals surface area contributed by atoms with Crippen molar-refractivity contribution >= 4 is 24.5 Å². The zero-order valence-corrected chi connectivity index (χ0v) is 13.9. The Morgan fingerprint density at radius 2 is 1.48 bits per heavy atom. The molecule has 23 heavy (non-hydrogen) atoms. The Labute approximate surface area is 136 Å². The van der Waals surface area contributed by atoms with Gasteiger partial charge in [-0.25, -0.2) is 0 Å². The van der Waals surface area contributed by atoms with E-state index >= 15 is 0 Å². The SMILES string of the molecule is CCC(C)C(=O)Oc1ccc(B(O)O)cc1OC(=O)C(C)CC. The molecule has 0 saturated carbocycles. The first-order valence-electron chi connectivity index (χ1n) is 7.73. The number of esters is 2. The van der Waals surface area contributed by atoms with Crippen LogP contribution in [-0.2, 0) is 9.59 Å². The number of benzene rings is 1. The fraction of sp³-hybridized carbons (Fsp3) is 0.500. The average Bonchev–Trinajstić information content (AvgIpc) is 2.54. The molecule has 2 unspecified atom stereocenters. The lowest BCUT2D eigenvalue weighted by Crippen LogP contribution is -2.30. The van der Waals surface area contributed by atoms with E-state index in [1.165, 1.54) is 18.2 Å². The van der Waals surface area contributed by atoms with Gasteiger partial charge in [-0.1, -0.05) is 33.8 Å². The second kappa shape index (κ2) is 8.69. The Morgan fingerprint density at radius 3 is 1.91 bits per heavy atom. The molecule has 2 atom stereocenters. The van der Waals surface area contributed by atoms with Gasteiger partial charge in [0.15, 0.2) is 11.5 Å². The predicted octanol–water partition coefficient (Wildman–Crippen LogP) is 1.27. The van der Waals surface area contributed by atoms with Crippen molar-refractivity contribution in [2.45, 2.75) is 40.5 Å². The van der Waals surface area contributed by atoms with Crippen LogP contribution in [0.15, 0.2) is 18.2 Å². The summed E-state index contributed by atoms with van der Waals surface area (Å²) >= 11 is 0. The molecule has 1 rings (SSSR count). The van der Waals surface area contributed by atoms with Gasteiger partial charge in [-0.2, -0.15) is 0 Å². The summed E-state index contributed by atoms with van der Waals surface area (Å²) in [6.07, 6.45) is 1.22. The van der Waals surface area contributed by atoms with Crippen LogP contribution in [0, 0.1) is 11.8 Å². The number of hydrogen-bond donors (Lipinski definition) is 2. The van der Waals surface area contributed by atoms with E-state index < -0.39 is 19.1 Å². The standard InChI is InChI=1S/C16H23BO6/c1-5-10(3)15(18)22-13-8-7-12(17(20)21)9-14(13)23-16(19)11(4)6-2/h7-11,20-21H,5-6H2,1-4H3. The average molecular weight is 322 g/mol. The summed E-state index contributed by atoms with van der Waals surface area (Å²) < 4.78 is 10.5. The normalized spacial score (nSPS) is 13.1. The Kier molecular flexibility index (Phi) is 7.25. The molecule has 6 nitrogen and oxygen atoms in total. The van der Waals surface area contributed by atoms with Crippen LogP contribution in [0.5, 0.6) is 11.5 Å². The Balaban J connectivity index is 3.08. The summed E-state index contributed by atoms with van der Waals surface area (Å²) in [5.74, 6) is -1.45. The summed E-state index contributed by atoms with van der Waals surface area (Å²) in [7, 11) is -1.71. The van der Waals surface area contributed by atoms with Crippen molar-refractivity contribution in [3.8, 4) is 11.5 Å². The first kappa shape index (κ1) is 19.2. The zero-order valence-electron chi connectivity index (χ0n) is 13.9. The molecule has 1 aromatic rings. The van der Waals surface area contributed by atoms with E-state index in [0.717, 1.165) is 0 Å². The third-order valence-corrected chi connectivity index (χ3v) is 3.72. The molecule has 0 bridgehead atoms. The molecule has 126 valence electrons. The van der Waals surface area contributed by atoms with E-state index in [1.54, 1.807) is 13.8 Å². The van der Waals surface area contributed by atoms with E-state index in [1.807, 2.05) is 13.8 Å². The summed E-state index contributed by atoms with van der Waals surface area (Å²) in [5.41, 5.74) is 0.139. The highest BCUT2D eigenvalue weighted by atomic mass is 16.6. The summed E-state index contributed by atoms with van der Waals surface area (Å²) in [6, 6.07) is 4.06. The quantitative estimate of drug-likeness (QED) is 0.446. The van der Waals surface area contributed by atoms with Gasteiger partial charge in [0.2, 0.25) is 0 Å². The molecular formula is C16H23BO6. The van der Waals surface area contributed by atoms with Crippen LogP contribution in [0.3, 0.4) is 0 Å². The lowest BCUT2D eigenvalue weighted by atomic mass is 9.80. The fourth-order valence-electron chi connectivity index (χ4n) is 1.60. The maximum Gasteiger partial charge on any atom is 0.488 e. The van der Waals surface area contributed by atoms with Gasteiger partial charge in [0.05, 0.1) is 11.8 Å². The lowest BCUT2D eigenvalue weighted by molar-refractivity contribution is -0.141. The molecule has 1 aromatic carbocycles. The molecule has 0 radical (unpaired) electrons. The molecule has 0 amide bonds. The van der Waals surface area contributed by atoms with Gasteiger partial charge < -0.3 is 19.5 Å². The maximum atomic E-state index is 12.0. The van der Waals surface area contributed by atoms with Crippen LogP contribution < -0.4 is 14.9 Å². The maximum absolute atomic E-state index is 12.0. The van der Waals surface area contributed by atoms with Crippen molar-refractivity contribution in [3.63, 3.8) is 0 Å². The molecular weight excluding hydrogens is 299 g/mol. The number of carbonyl (C=O) groups is 2. The number of ether oxygens (including phenoxy) is 2. The lowest BCUT2D eigenvalue weighted by Gasteiger charge is -2.15. The van der Waals surface area contributed by atoms with Gasteiger partial charge in [0.1, 0.15) is 0 Å². The van der Waals surface area contributed by atoms with Crippen molar-refractivity contribution in [1.29, 1.82) is 0 Å². The van der Waals surface area contributed by atoms with Gasteiger partial charge in [-0.3, -0.25) is 9.59 Å². The zero-order chi connectivity index (χ0) is 17.6. The Morgan fingerprint density at radius 1 is 1.00 bits per heavy atom. The predicted molar refractivity (Wildman–Crippen MR) is 86.4 cm³/mol. The third-order valence-electron chi connectivity index (χ3n) is 3.72. The van der Waals surface area contributed by atoms with E-state index in [-0.39, 0.29) is 28.8 Å². The van der Waals surface area contributed by atoms with Crippen molar-refractivity contribution in [1.82, 2.24) is 0 Å². The number of rotatable bonds is 7. The molecule has 0 aliphatic rings. The van der Waals surface area contributed by atoms with E-state index in [2.05, 4.69) is 0 Å². The molecule has 0 aliphatic carbocycles. The second-order valence-electron chi connectivity index (χ2n) is 5.54. The summed E-state index contributed by atoms with van der Waals surface area (Å²) in [4.78, 5) is 23.9. The van der Waals surface area contributed by atoms with Crippen LogP contribution in [0.2, 0.25) is 0 Å². The fourth-order valence-corrected chi connectivity index (χ4v) is 1.60. The van der Waals surface area contributed by atoms with Crippen LogP contribution in [0.4, 0.5) is 0 Å². The highest BCUT2D eigenvalue weighted by Crippen LogP contribution is 2.28. The van der Waals surface area contributed by atoms with Gasteiger partial charge in [0.25, 0.3) is 0 Å². The molecule has 0 heterocycles. The minimum absolute atomic E-state index is 0.00227. The van der Waals surface area contributed by atoms with Crippen molar-refractivity contribution in [2.24, 2.45) is 11.8 Å². The van der Waals surface area contributed by atoms with Gasteiger partial charge >= 0.3 is 19.1 Å². The molecule has 2 N–H and O–H groups in total. The molecule has 0 spiro atoms. The minimum Gasteiger partial charge on any atom is -0.423 e. The first-order valence-corrected chi connectivity index (χ1v) is 7.73. The molecule has 0 aliphatic heterocycles. The summed E-state index contributed by atoms with van der Waals surface area (Å²) in [6.45, 7) is 7.17. The smallest absolute Gasteiger partial charge is 0.423 e. The van der Waals surface area contributed by atoms with Gasteiger partial charge in [-0.15, -0.1) is 0 Å². The molecule has 0 saturated heterocycles. The minimum atomic E-state index is -1.71. The topological polar surface area (TPSA) is 93.1 Å². The summed E-state index contributed by atoms with van der Waals surface area (Å²) in [5, 5.41) is 18.5. The first-order chi connectivity index (χ1) is 10.8. The monoisotopic (exact) mass is 322 g/mol. The van der Waals surface area contributed by atoms with E-state index in [4.69, 9.17) is 9.47 Å². The largest absolute Gasteiger partial charge is 0.488 e. The highest BCUT2D eigenvalue weighted by molar-refractivity contribution is 6.58.